The highest BCUT2D eigenvalue weighted by Crippen LogP contribution is 2.27. The summed E-state index contributed by atoms with van der Waals surface area (Å²) in [5.41, 5.74) is -0.161. The van der Waals surface area contributed by atoms with Gasteiger partial charge < -0.3 is 9.53 Å². The molecule has 0 amide bonds. The zero-order chi connectivity index (χ0) is 9.03. The molecule has 1 fully saturated rings. The van der Waals surface area contributed by atoms with Gasteiger partial charge in [-0.25, -0.2) is 0 Å². The Morgan fingerprint density at radius 1 is 1.58 bits per heavy atom. The Kier molecular flexibility index (Phi) is 3.27. The second-order valence-electron chi connectivity index (χ2n) is 4.39. The molecule has 1 aliphatic heterocycles. The lowest BCUT2D eigenvalue weighted by Gasteiger charge is -2.27. The first kappa shape index (κ1) is 9.72. The van der Waals surface area contributed by atoms with E-state index in [2.05, 4.69) is 0 Å². The van der Waals surface area contributed by atoms with Crippen molar-refractivity contribution in [3.05, 3.63) is 0 Å². The van der Waals surface area contributed by atoms with Crippen molar-refractivity contribution in [3.8, 4) is 0 Å². The van der Waals surface area contributed by atoms with Crippen LogP contribution in [0.5, 0.6) is 0 Å². The molecule has 0 aromatic heterocycles. The summed E-state index contributed by atoms with van der Waals surface area (Å²) in [4.78, 5) is 10.7. The molecule has 1 heterocycles. The molecule has 0 N–H and O–H groups in total. The first-order chi connectivity index (χ1) is 5.64. The lowest BCUT2D eigenvalue weighted by molar-refractivity contribution is -0.116. The molecule has 12 heavy (non-hydrogen) atoms. The van der Waals surface area contributed by atoms with Crippen molar-refractivity contribution in [1.29, 1.82) is 0 Å². The van der Waals surface area contributed by atoms with Gasteiger partial charge in [0.2, 0.25) is 0 Å². The average Bonchev–Trinajstić information content (AvgIpc) is 2.06. The zero-order valence-corrected chi connectivity index (χ0v) is 8.01. The summed E-state index contributed by atoms with van der Waals surface area (Å²) in [7, 11) is 0. The minimum Gasteiger partial charge on any atom is -0.381 e. The highest BCUT2D eigenvalue weighted by molar-refractivity contribution is 5.57. The van der Waals surface area contributed by atoms with Gasteiger partial charge in [0.05, 0.1) is 0 Å². The molecule has 1 saturated heterocycles. The van der Waals surface area contributed by atoms with Crippen LogP contribution in [0, 0.1) is 11.3 Å². The van der Waals surface area contributed by atoms with E-state index in [0.717, 1.165) is 32.3 Å². The standard InChI is InChI=1S/C10H18O2/c1-10(2,8-11)6-9-4-3-5-12-7-9/h8-9H,3-7H2,1-2H3/t9-/m0/s1. The van der Waals surface area contributed by atoms with Crippen LogP contribution < -0.4 is 0 Å². The molecular weight excluding hydrogens is 152 g/mol. The van der Waals surface area contributed by atoms with Gasteiger partial charge >= 0.3 is 0 Å². The summed E-state index contributed by atoms with van der Waals surface area (Å²) in [6.07, 6.45) is 4.40. The van der Waals surface area contributed by atoms with Crippen molar-refractivity contribution in [1.82, 2.24) is 0 Å². The lowest BCUT2D eigenvalue weighted by Crippen LogP contribution is -2.25. The van der Waals surface area contributed by atoms with E-state index < -0.39 is 0 Å². The van der Waals surface area contributed by atoms with Gasteiger partial charge in [0.25, 0.3) is 0 Å². The van der Waals surface area contributed by atoms with Crippen molar-refractivity contribution < 1.29 is 9.53 Å². The predicted octanol–water partition coefficient (Wildman–Crippen LogP) is 2.03. The fourth-order valence-corrected chi connectivity index (χ4v) is 1.76. The maximum atomic E-state index is 10.7. The smallest absolute Gasteiger partial charge is 0.125 e. The number of carbonyl (C=O) groups is 1. The predicted molar refractivity (Wildman–Crippen MR) is 48.0 cm³/mol. The highest BCUT2D eigenvalue weighted by atomic mass is 16.5. The Morgan fingerprint density at radius 3 is 2.83 bits per heavy atom. The maximum absolute atomic E-state index is 10.7. The van der Waals surface area contributed by atoms with E-state index in [1.54, 1.807) is 0 Å². The van der Waals surface area contributed by atoms with Gasteiger partial charge in [-0.1, -0.05) is 13.8 Å². The number of rotatable bonds is 3. The van der Waals surface area contributed by atoms with Crippen LogP contribution >= 0.6 is 0 Å². The van der Waals surface area contributed by atoms with Crippen molar-refractivity contribution in [2.24, 2.45) is 11.3 Å². The van der Waals surface area contributed by atoms with E-state index in [1.807, 2.05) is 13.8 Å². The monoisotopic (exact) mass is 170 g/mol. The molecule has 0 aromatic rings. The summed E-state index contributed by atoms with van der Waals surface area (Å²) in [5, 5.41) is 0. The van der Waals surface area contributed by atoms with Crippen LogP contribution in [0.4, 0.5) is 0 Å². The van der Waals surface area contributed by atoms with E-state index in [1.165, 1.54) is 6.42 Å². The third kappa shape index (κ3) is 2.94. The van der Waals surface area contributed by atoms with Crippen molar-refractivity contribution >= 4 is 6.29 Å². The Balaban J connectivity index is 2.33. The summed E-state index contributed by atoms with van der Waals surface area (Å²) >= 11 is 0. The topological polar surface area (TPSA) is 26.3 Å². The van der Waals surface area contributed by atoms with Crippen LogP contribution in [0.3, 0.4) is 0 Å². The van der Waals surface area contributed by atoms with Crippen LogP contribution in [0.25, 0.3) is 0 Å². The summed E-state index contributed by atoms with van der Waals surface area (Å²) in [5.74, 6) is 0.596. The average molecular weight is 170 g/mol. The number of hydrogen-bond donors (Lipinski definition) is 0. The molecule has 1 atom stereocenters. The number of aldehydes is 1. The molecule has 0 radical (unpaired) electrons. The van der Waals surface area contributed by atoms with Gasteiger partial charge in [0, 0.05) is 18.6 Å². The molecule has 0 aliphatic carbocycles. The Morgan fingerprint density at radius 2 is 2.33 bits per heavy atom. The van der Waals surface area contributed by atoms with Crippen LogP contribution in [0.1, 0.15) is 33.1 Å². The van der Waals surface area contributed by atoms with Gasteiger partial charge in [0.1, 0.15) is 6.29 Å². The summed E-state index contributed by atoms with van der Waals surface area (Å²) in [6.45, 7) is 5.73. The Hall–Kier alpha value is -0.370. The fraction of sp³-hybridized carbons (Fsp3) is 0.900. The number of hydrogen-bond acceptors (Lipinski definition) is 2. The van der Waals surface area contributed by atoms with Crippen molar-refractivity contribution in [2.45, 2.75) is 33.1 Å². The summed E-state index contributed by atoms with van der Waals surface area (Å²) < 4.78 is 5.36. The quantitative estimate of drug-likeness (QED) is 0.606. The highest BCUT2D eigenvalue weighted by Gasteiger charge is 2.24. The molecule has 70 valence electrons. The molecule has 0 bridgehead atoms. The third-order valence-corrected chi connectivity index (χ3v) is 2.39. The maximum Gasteiger partial charge on any atom is 0.125 e. The largest absolute Gasteiger partial charge is 0.381 e. The summed E-state index contributed by atoms with van der Waals surface area (Å²) in [6, 6.07) is 0. The van der Waals surface area contributed by atoms with Crippen LogP contribution in [-0.2, 0) is 9.53 Å². The van der Waals surface area contributed by atoms with E-state index in [4.69, 9.17) is 4.74 Å². The molecule has 1 rings (SSSR count). The second-order valence-corrected chi connectivity index (χ2v) is 4.39. The first-order valence-electron chi connectivity index (χ1n) is 4.68. The van der Waals surface area contributed by atoms with Crippen LogP contribution in [0.15, 0.2) is 0 Å². The number of carbonyl (C=O) groups excluding carboxylic acids is 1. The second kappa shape index (κ2) is 4.04. The molecule has 0 saturated carbocycles. The van der Waals surface area contributed by atoms with E-state index in [0.29, 0.717) is 5.92 Å². The van der Waals surface area contributed by atoms with E-state index in [-0.39, 0.29) is 5.41 Å². The van der Waals surface area contributed by atoms with Gasteiger partial charge in [-0.05, 0) is 25.2 Å². The minimum atomic E-state index is -0.161. The van der Waals surface area contributed by atoms with Crippen molar-refractivity contribution in [3.63, 3.8) is 0 Å². The lowest BCUT2D eigenvalue weighted by atomic mass is 9.82. The van der Waals surface area contributed by atoms with Gasteiger partial charge in [-0.3, -0.25) is 0 Å². The van der Waals surface area contributed by atoms with Crippen molar-refractivity contribution in [2.75, 3.05) is 13.2 Å². The minimum absolute atomic E-state index is 0.161. The first-order valence-corrected chi connectivity index (χ1v) is 4.68. The molecular formula is C10H18O2. The SMILES string of the molecule is CC(C)(C=O)C[C@@H]1CCCOC1. The van der Waals surface area contributed by atoms with E-state index >= 15 is 0 Å². The molecule has 2 nitrogen and oxygen atoms in total. The van der Waals surface area contributed by atoms with Crippen LogP contribution in [-0.4, -0.2) is 19.5 Å². The number of ether oxygens (including phenoxy) is 1. The molecule has 0 spiro atoms. The van der Waals surface area contributed by atoms with Gasteiger partial charge in [-0.15, -0.1) is 0 Å². The van der Waals surface area contributed by atoms with Crippen LogP contribution in [0.2, 0.25) is 0 Å². The molecule has 0 unspecified atom stereocenters. The van der Waals surface area contributed by atoms with E-state index in [9.17, 15) is 4.79 Å². The fourth-order valence-electron chi connectivity index (χ4n) is 1.76. The molecule has 1 aliphatic rings. The third-order valence-electron chi connectivity index (χ3n) is 2.39. The zero-order valence-electron chi connectivity index (χ0n) is 8.01. The molecule has 0 aromatic carbocycles. The van der Waals surface area contributed by atoms with Gasteiger partial charge in [-0.2, -0.15) is 0 Å². The molecule has 2 heteroatoms. The normalized spacial score (nSPS) is 25.3. The Bertz CT molecular complexity index is 146. The van der Waals surface area contributed by atoms with Gasteiger partial charge in [0.15, 0.2) is 0 Å². The Labute approximate surface area is 74.3 Å².